The van der Waals surface area contributed by atoms with Crippen molar-refractivity contribution in [1.82, 2.24) is 0 Å². The van der Waals surface area contributed by atoms with Crippen LogP contribution in [0.3, 0.4) is 0 Å². The molecule has 3 aliphatic rings. The first kappa shape index (κ1) is 38.2. The van der Waals surface area contributed by atoms with E-state index in [1.54, 1.807) is 0 Å². The van der Waals surface area contributed by atoms with Crippen molar-refractivity contribution in [3.8, 4) is 28.6 Å². The summed E-state index contributed by atoms with van der Waals surface area (Å²) in [6, 6.07) is 9.25. The minimum atomic E-state index is -1.82. The molecule has 19 heteroatoms. The van der Waals surface area contributed by atoms with Crippen molar-refractivity contribution in [2.75, 3.05) is 13.2 Å². The number of rotatable bonds is 9. The molecule has 1 aromatic heterocycles. The van der Waals surface area contributed by atoms with Crippen LogP contribution in [0.2, 0.25) is 0 Å². The highest BCUT2D eigenvalue weighted by molar-refractivity contribution is 5.86. The summed E-state index contributed by atoms with van der Waals surface area (Å²) in [6.07, 6.45) is -22.8. The van der Waals surface area contributed by atoms with E-state index in [-0.39, 0.29) is 28.2 Å². The van der Waals surface area contributed by atoms with Gasteiger partial charge in [0.25, 0.3) is 0 Å². The summed E-state index contributed by atoms with van der Waals surface area (Å²) in [7, 11) is 0. The van der Waals surface area contributed by atoms with Crippen molar-refractivity contribution < 1.29 is 89.0 Å². The molecule has 11 N–H and O–H groups in total. The predicted molar refractivity (Wildman–Crippen MR) is 170 cm³/mol. The molecule has 52 heavy (non-hydrogen) atoms. The van der Waals surface area contributed by atoms with Crippen LogP contribution in [-0.2, 0) is 18.9 Å². The van der Waals surface area contributed by atoms with Gasteiger partial charge in [-0.2, -0.15) is 0 Å². The minimum absolute atomic E-state index is 0.0391. The first-order valence-corrected chi connectivity index (χ1v) is 16.2. The molecule has 0 amide bonds. The standard InChI is InChI=1S/C33H40O19/c1-11-22(37)25(40)28(43)31(47-11)46-10-20-24(39)27(42)30(45)33(52-20)49-14-6-15(35)21-16(36)8-17(50-18(21)7-14)12-2-4-13(5-3-12)48-32-29(44)26(41)23(38)19(9-34)51-32/h2-8,11,19-20,22-35,37-45H,9-10H2,1H3/t11-,19+,20+,22-,23+,24+,25+,26-,27-,28+,29+,30+,31+,32+,33+/m0/s1. The van der Waals surface area contributed by atoms with Crippen LogP contribution in [0.1, 0.15) is 6.92 Å². The van der Waals surface area contributed by atoms with Crippen LogP contribution in [0.4, 0.5) is 0 Å². The topological polar surface area (TPSA) is 308 Å². The average molecular weight is 741 g/mol. The fourth-order valence-corrected chi connectivity index (χ4v) is 6.08. The maximum atomic E-state index is 13.0. The molecule has 0 saturated carbocycles. The summed E-state index contributed by atoms with van der Waals surface area (Å²) in [5.74, 6) is -0.546. The van der Waals surface area contributed by atoms with Crippen LogP contribution in [-0.4, -0.2) is 162 Å². The van der Waals surface area contributed by atoms with E-state index in [2.05, 4.69) is 0 Å². The molecule has 19 nitrogen and oxygen atoms in total. The van der Waals surface area contributed by atoms with E-state index >= 15 is 0 Å². The van der Waals surface area contributed by atoms with Crippen molar-refractivity contribution in [3.63, 3.8) is 0 Å². The van der Waals surface area contributed by atoms with Gasteiger partial charge in [0.15, 0.2) is 11.7 Å². The van der Waals surface area contributed by atoms with Crippen LogP contribution in [0.5, 0.6) is 17.2 Å². The number of aliphatic hydroxyl groups is 10. The molecule has 0 radical (unpaired) electrons. The largest absolute Gasteiger partial charge is 0.507 e. The van der Waals surface area contributed by atoms with Gasteiger partial charge in [0, 0.05) is 23.8 Å². The summed E-state index contributed by atoms with van der Waals surface area (Å²) < 4.78 is 39.0. The quantitative estimate of drug-likeness (QED) is 0.101. The van der Waals surface area contributed by atoms with E-state index in [1.165, 1.54) is 37.3 Å². The molecule has 0 unspecified atom stereocenters. The average Bonchev–Trinajstić information content (AvgIpc) is 3.12. The van der Waals surface area contributed by atoms with Gasteiger partial charge in [-0.25, -0.2) is 0 Å². The Morgan fingerprint density at radius 3 is 1.83 bits per heavy atom. The van der Waals surface area contributed by atoms with Crippen LogP contribution in [0.15, 0.2) is 51.7 Å². The van der Waals surface area contributed by atoms with Gasteiger partial charge in [-0.1, -0.05) is 0 Å². The zero-order valence-electron chi connectivity index (χ0n) is 27.3. The molecular weight excluding hydrogens is 700 g/mol. The second-order valence-electron chi connectivity index (χ2n) is 12.8. The van der Waals surface area contributed by atoms with E-state index in [1.807, 2.05) is 0 Å². The molecule has 0 bridgehead atoms. The molecule has 3 aromatic rings. The molecule has 15 atom stereocenters. The van der Waals surface area contributed by atoms with Gasteiger partial charge in [0.1, 0.15) is 101 Å². The van der Waals surface area contributed by atoms with Gasteiger partial charge in [0.2, 0.25) is 12.6 Å². The van der Waals surface area contributed by atoms with E-state index in [0.29, 0.717) is 5.56 Å². The number of ether oxygens (including phenoxy) is 6. The molecular formula is C33H40O19. The molecule has 3 fully saturated rings. The van der Waals surface area contributed by atoms with Gasteiger partial charge in [-0.3, -0.25) is 4.79 Å². The highest BCUT2D eigenvalue weighted by atomic mass is 16.7. The number of aliphatic hydroxyl groups excluding tert-OH is 10. The molecule has 0 aliphatic carbocycles. The lowest BCUT2D eigenvalue weighted by molar-refractivity contribution is -0.318. The Bertz CT molecular complexity index is 1730. The SMILES string of the molecule is C[C@@H]1O[C@@H](OC[C@H]2O[C@@H](Oc3cc(O)c4c(=O)cc(-c5ccc(O[C@@H]6O[C@H](CO)[C@@H](O)[C@H](O)[C@H]6O)cc5)oc4c3)[C@H](O)[C@@H](O)[C@@H]2O)[C@H](O)[C@H](O)[C@H]1O. The highest BCUT2D eigenvalue weighted by Crippen LogP contribution is 2.34. The van der Waals surface area contributed by atoms with E-state index < -0.39 is 117 Å². The Balaban J connectivity index is 1.17. The molecule has 6 rings (SSSR count). The normalized spacial score (nSPS) is 38.2. The Kier molecular flexibility index (Phi) is 11.4. The summed E-state index contributed by atoms with van der Waals surface area (Å²) in [5, 5.41) is 112. The number of fused-ring (bicyclic) bond motifs is 1. The van der Waals surface area contributed by atoms with Crippen molar-refractivity contribution in [1.29, 1.82) is 0 Å². The number of hydrogen-bond donors (Lipinski definition) is 11. The minimum Gasteiger partial charge on any atom is -0.507 e. The first-order valence-electron chi connectivity index (χ1n) is 16.2. The van der Waals surface area contributed by atoms with E-state index in [9.17, 15) is 61.0 Å². The Morgan fingerprint density at radius 1 is 0.635 bits per heavy atom. The lowest BCUT2D eigenvalue weighted by Crippen LogP contribution is -2.61. The van der Waals surface area contributed by atoms with Crippen LogP contribution < -0.4 is 14.9 Å². The fraction of sp³-hybridized carbons (Fsp3) is 0.545. The fourth-order valence-electron chi connectivity index (χ4n) is 6.08. The molecule has 3 saturated heterocycles. The third-order valence-electron chi connectivity index (χ3n) is 9.18. The Morgan fingerprint density at radius 2 is 1.19 bits per heavy atom. The summed E-state index contributed by atoms with van der Waals surface area (Å²) in [4.78, 5) is 13.0. The van der Waals surface area contributed by atoms with E-state index in [4.69, 9.17) is 32.8 Å². The van der Waals surface area contributed by atoms with Crippen LogP contribution in [0, 0.1) is 0 Å². The van der Waals surface area contributed by atoms with Gasteiger partial charge < -0.3 is 89.0 Å². The monoisotopic (exact) mass is 740 g/mol. The van der Waals surface area contributed by atoms with Crippen molar-refractivity contribution >= 4 is 11.0 Å². The van der Waals surface area contributed by atoms with Gasteiger partial charge in [-0.15, -0.1) is 0 Å². The maximum Gasteiger partial charge on any atom is 0.229 e. The maximum absolute atomic E-state index is 13.0. The van der Waals surface area contributed by atoms with Gasteiger partial charge in [0.05, 0.1) is 19.3 Å². The molecule has 286 valence electrons. The number of phenols is 1. The van der Waals surface area contributed by atoms with Gasteiger partial charge >= 0.3 is 0 Å². The van der Waals surface area contributed by atoms with Crippen LogP contribution >= 0.6 is 0 Å². The van der Waals surface area contributed by atoms with Crippen molar-refractivity contribution in [2.24, 2.45) is 0 Å². The second kappa shape index (κ2) is 15.5. The smallest absolute Gasteiger partial charge is 0.229 e. The number of benzene rings is 2. The Labute approximate surface area is 293 Å². The molecule has 3 aliphatic heterocycles. The Hall–Kier alpha value is -3.51. The predicted octanol–water partition coefficient (Wildman–Crippen LogP) is -3.63. The summed E-state index contributed by atoms with van der Waals surface area (Å²) in [5.41, 5.74) is -0.422. The molecule has 2 aromatic carbocycles. The zero-order chi connectivity index (χ0) is 37.6. The lowest BCUT2D eigenvalue weighted by Gasteiger charge is -2.42. The molecule has 0 spiro atoms. The van der Waals surface area contributed by atoms with Crippen LogP contribution in [0.25, 0.3) is 22.3 Å². The summed E-state index contributed by atoms with van der Waals surface area (Å²) in [6.45, 7) is 0.274. The number of hydrogen-bond acceptors (Lipinski definition) is 19. The third-order valence-corrected chi connectivity index (χ3v) is 9.18. The van der Waals surface area contributed by atoms with Gasteiger partial charge in [-0.05, 0) is 31.2 Å². The lowest BCUT2D eigenvalue weighted by atomic mass is 9.98. The second-order valence-corrected chi connectivity index (χ2v) is 12.8. The van der Waals surface area contributed by atoms with Crippen molar-refractivity contribution in [3.05, 3.63) is 52.7 Å². The highest BCUT2D eigenvalue weighted by Gasteiger charge is 2.48. The number of aromatic hydroxyl groups is 1. The summed E-state index contributed by atoms with van der Waals surface area (Å²) >= 11 is 0. The third kappa shape index (κ3) is 7.47. The van der Waals surface area contributed by atoms with Crippen molar-refractivity contribution in [2.45, 2.75) is 99.0 Å². The number of phenolic OH excluding ortho intramolecular Hbond substituents is 1. The zero-order valence-corrected chi connectivity index (χ0v) is 27.3. The molecule has 4 heterocycles. The first-order chi connectivity index (χ1) is 24.7. The van der Waals surface area contributed by atoms with E-state index in [0.717, 1.165) is 12.1 Å².